The second kappa shape index (κ2) is 4.94. The zero-order valence-electron chi connectivity index (χ0n) is 8.82. The molecule has 1 aliphatic heterocycles. The van der Waals surface area contributed by atoms with Gasteiger partial charge in [0, 0.05) is 19.2 Å². The molecule has 0 aromatic heterocycles. The maximum atomic E-state index is 5.59. The summed E-state index contributed by atoms with van der Waals surface area (Å²) in [6, 6.07) is 0.367. The standard InChI is InChI=1S/C10H20NO2/c1-5-12-7-13-10-6-11(4)9(3)8(10)2/h8-10H,3,5-7H2,1-2,4H3. The minimum absolute atomic E-state index is 0.277. The van der Waals surface area contributed by atoms with Gasteiger partial charge in [0.1, 0.15) is 6.79 Å². The predicted octanol–water partition coefficient (Wildman–Crippen LogP) is 1.15. The van der Waals surface area contributed by atoms with Crippen LogP contribution < -0.4 is 0 Å². The van der Waals surface area contributed by atoms with Crippen LogP contribution in [-0.4, -0.2) is 44.0 Å². The van der Waals surface area contributed by atoms with Gasteiger partial charge in [-0.1, -0.05) is 6.92 Å². The number of nitrogens with zero attached hydrogens (tertiary/aromatic N) is 1. The Morgan fingerprint density at radius 1 is 1.54 bits per heavy atom. The SMILES string of the molecule is [CH2]C1C(C)C(OCOCC)CN1C. The van der Waals surface area contributed by atoms with E-state index in [1.54, 1.807) is 0 Å². The van der Waals surface area contributed by atoms with Crippen LogP contribution in [0.15, 0.2) is 0 Å². The quantitative estimate of drug-likeness (QED) is 0.485. The molecule has 1 heterocycles. The lowest BCUT2D eigenvalue weighted by atomic mass is 10.0. The summed E-state index contributed by atoms with van der Waals surface area (Å²) in [4.78, 5) is 2.22. The van der Waals surface area contributed by atoms with E-state index in [0.717, 1.165) is 6.54 Å². The Bertz CT molecular complexity index is 152. The first-order valence-corrected chi connectivity index (χ1v) is 4.89. The van der Waals surface area contributed by atoms with Crippen molar-refractivity contribution >= 4 is 0 Å². The lowest BCUT2D eigenvalue weighted by Crippen LogP contribution is -2.25. The van der Waals surface area contributed by atoms with Crippen molar-refractivity contribution in [3.63, 3.8) is 0 Å². The highest BCUT2D eigenvalue weighted by atomic mass is 16.7. The molecule has 0 saturated carbocycles. The van der Waals surface area contributed by atoms with Gasteiger partial charge in [0.2, 0.25) is 0 Å². The molecule has 3 atom stereocenters. The van der Waals surface area contributed by atoms with Crippen LogP contribution >= 0.6 is 0 Å². The second-order valence-corrected chi connectivity index (χ2v) is 3.68. The highest BCUT2D eigenvalue weighted by Crippen LogP contribution is 2.24. The molecule has 0 spiro atoms. The maximum absolute atomic E-state index is 5.59. The molecule has 1 aliphatic rings. The number of likely N-dealkylation sites (N-methyl/N-ethyl adjacent to an activating group) is 1. The summed E-state index contributed by atoms with van der Waals surface area (Å²) in [5, 5.41) is 0. The van der Waals surface area contributed by atoms with Gasteiger partial charge in [-0.2, -0.15) is 0 Å². The van der Waals surface area contributed by atoms with E-state index in [1.165, 1.54) is 0 Å². The highest BCUT2D eigenvalue weighted by Gasteiger charge is 2.34. The second-order valence-electron chi connectivity index (χ2n) is 3.68. The van der Waals surface area contributed by atoms with Crippen molar-refractivity contribution in [3.8, 4) is 0 Å². The topological polar surface area (TPSA) is 21.7 Å². The molecule has 13 heavy (non-hydrogen) atoms. The van der Waals surface area contributed by atoms with E-state index >= 15 is 0 Å². The summed E-state index contributed by atoms with van der Waals surface area (Å²) in [5.41, 5.74) is 0. The van der Waals surface area contributed by atoms with Crippen molar-refractivity contribution in [1.82, 2.24) is 4.90 Å². The number of rotatable bonds is 4. The van der Waals surface area contributed by atoms with Crippen LogP contribution in [0.25, 0.3) is 0 Å². The van der Waals surface area contributed by atoms with Crippen LogP contribution in [0.1, 0.15) is 13.8 Å². The van der Waals surface area contributed by atoms with E-state index in [4.69, 9.17) is 9.47 Å². The Labute approximate surface area is 81.0 Å². The lowest BCUT2D eigenvalue weighted by molar-refractivity contribution is -0.0918. The molecular formula is C10H20NO2. The van der Waals surface area contributed by atoms with Gasteiger partial charge in [0.25, 0.3) is 0 Å². The number of hydrogen-bond acceptors (Lipinski definition) is 3. The first-order chi connectivity index (χ1) is 6.16. The number of hydrogen-bond donors (Lipinski definition) is 0. The summed E-state index contributed by atoms with van der Waals surface area (Å²) in [6.45, 7) is 10.3. The van der Waals surface area contributed by atoms with E-state index in [2.05, 4.69) is 25.8 Å². The lowest BCUT2D eigenvalue weighted by Gasteiger charge is -2.17. The Hall–Kier alpha value is -0.120. The van der Waals surface area contributed by atoms with Crippen LogP contribution in [0, 0.1) is 12.8 Å². The fourth-order valence-electron chi connectivity index (χ4n) is 1.66. The van der Waals surface area contributed by atoms with Crippen LogP contribution in [0.3, 0.4) is 0 Å². The number of ether oxygens (including phenoxy) is 2. The van der Waals surface area contributed by atoms with Crippen molar-refractivity contribution in [2.24, 2.45) is 5.92 Å². The average molecular weight is 186 g/mol. The largest absolute Gasteiger partial charge is 0.356 e. The van der Waals surface area contributed by atoms with Crippen molar-refractivity contribution in [3.05, 3.63) is 6.92 Å². The van der Waals surface area contributed by atoms with E-state index in [0.29, 0.717) is 25.4 Å². The minimum atomic E-state index is 0.277. The summed E-state index contributed by atoms with van der Waals surface area (Å²) in [6.07, 6.45) is 0.277. The number of likely N-dealkylation sites (tertiary alicyclic amines) is 1. The third-order valence-corrected chi connectivity index (χ3v) is 2.80. The van der Waals surface area contributed by atoms with Crippen LogP contribution in [0.4, 0.5) is 0 Å². The minimum Gasteiger partial charge on any atom is -0.356 e. The molecule has 0 N–H and O–H groups in total. The van der Waals surface area contributed by atoms with Gasteiger partial charge >= 0.3 is 0 Å². The van der Waals surface area contributed by atoms with E-state index < -0.39 is 0 Å². The van der Waals surface area contributed by atoms with Crippen molar-refractivity contribution in [1.29, 1.82) is 0 Å². The molecule has 1 saturated heterocycles. The Morgan fingerprint density at radius 3 is 2.69 bits per heavy atom. The van der Waals surface area contributed by atoms with E-state index in [1.807, 2.05) is 6.92 Å². The molecule has 1 rings (SSSR count). The summed E-state index contributed by atoms with van der Waals surface area (Å²) in [7, 11) is 2.08. The normalized spacial score (nSPS) is 35.5. The smallest absolute Gasteiger partial charge is 0.147 e. The molecule has 0 amide bonds. The van der Waals surface area contributed by atoms with Gasteiger partial charge in [0.05, 0.1) is 6.10 Å². The molecule has 0 aromatic rings. The molecule has 77 valence electrons. The molecule has 1 fully saturated rings. The Morgan fingerprint density at radius 2 is 2.23 bits per heavy atom. The van der Waals surface area contributed by atoms with Gasteiger partial charge in [-0.05, 0) is 26.8 Å². The van der Waals surface area contributed by atoms with Crippen molar-refractivity contribution in [2.45, 2.75) is 26.0 Å². The predicted molar refractivity (Wildman–Crippen MR) is 52.3 cm³/mol. The van der Waals surface area contributed by atoms with Gasteiger partial charge in [-0.3, -0.25) is 0 Å². The van der Waals surface area contributed by atoms with Gasteiger partial charge in [-0.15, -0.1) is 0 Å². The van der Waals surface area contributed by atoms with Crippen molar-refractivity contribution < 1.29 is 9.47 Å². The van der Waals surface area contributed by atoms with Gasteiger partial charge in [-0.25, -0.2) is 0 Å². The first-order valence-electron chi connectivity index (χ1n) is 4.89. The fraction of sp³-hybridized carbons (Fsp3) is 0.900. The van der Waals surface area contributed by atoms with E-state index in [-0.39, 0.29) is 6.10 Å². The van der Waals surface area contributed by atoms with Crippen LogP contribution in [0.5, 0.6) is 0 Å². The van der Waals surface area contributed by atoms with Crippen LogP contribution in [0.2, 0.25) is 0 Å². The average Bonchev–Trinajstić information content (AvgIpc) is 2.34. The fourth-order valence-corrected chi connectivity index (χ4v) is 1.66. The van der Waals surface area contributed by atoms with Gasteiger partial charge in [0.15, 0.2) is 0 Å². The monoisotopic (exact) mass is 186 g/mol. The molecule has 0 bridgehead atoms. The summed E-state index contributed by atoms with van der Waals surface area (Å²) < 4.78 is 10.7. The molecule has 1 radical (unpaired) electrons. The zero-order chi connectivity index (χ0) is 9.84. The van der Waals surface area contributed by atoms with Crippen molar-refractivity contribution in [2.75, 3.05) is 27.0 Å². The van der Waals surface area contributed by atoms with Gasteiger partial charge < -0.3 is 14.4 Å². The van der Waals surface area contributed by atoms with E-state index in [9.17, 15) is 0 Å². The molecule has 0 aliphatic carbocycles. The Kier molecular flexibility index (Phi) is 4.16. The summed E-state index contributed by atoms with van der Waals surface area (Å²) >= 11 is 0. The highest BCUT2D eigenvalue weighted by molar-refractivity contribution is 4.91. The third-order valence-electron chi connectivity index (χ3n) is 2.80. The van der Waals surface area contributed by atoms with Crippen LogP contribution in [-0.2, 0) is 9.47 Å². The third kappa shape index (κ3) is 2.66. The first kappa shape index (κ1) is 11.0. The molecule has 3 unspecified atom stereocenters. The molecular weight excluding hydrogens is 166 g/mol. The Balaban J connectivity index is 2.27. The molecule has 3 nitrogen and oxygen atoms in total. The molecule has 3 heteroatoms. The molecule has 0 aromatic carbocycles. The maximum Gasteiger partial charge on any atom is 0.147 e. The summed E-state index contributed by atoms with van der Waals surface area (Å²) in [5.74, 6) is 0.491. The zero-order valence-corrected chi connectivity index (χ0v) is 8.82.